The van der Waals surface area contributed by atoms with Gasteiger partial charge >= 0.3 is 0 Å². The van der Waals surface area contributed by atoms with E-state index in [1.54, 1.807) is 30.9 Å². The van der Waals surface area contributed by atoms with Crippen LogP contribution in [0.1, 0.15) is 5.56 Å². The van der Waals surface area contributed by atoms with Gasteiger partial charge < -0.3 is 4.74 Å². The van der Waals surface area contributed by atoms with Crippen molar-refractivity contribution in [1.82, 2.24) is 4.98 Å². The smallest absolute Gasteiger partial charge is 0.127 e. The first kappa shape index (κ1) is 16.4. The summed E-state index contributed by atoms with van der Waals surface area (Å²) < 4.78 is 5.65. The molecule has 0 amide bonds. The Morgan fingerprint density at radius 3 is 2.85 bits per heavy atom. The van der Waals surface area contributed by atoms with E-state index in [0.29, 0.717) is 17.0 Å². The molecule has 3 aromatic rings. The molecule has 5 nitrogen and oxygen atoms in total. The largest absolute Gasteiger partial charge is 0.465 e. The average molecular weight is 350 g/mol. The van der Waals surface area contributed by atoms with Gasteiger partial charge in [0, 0.05) is 29.2 Å². The van der Waals surface area contributed by atoms with Gasteiger partial charge in [0.05, 0.1) is 28.4 Å². The van der Waals surface area contributed by atoms with E-state index in [0.717, 1.165) is 21.5 Å². The Balaban J connectivity index is 2.10. The quantitative estimate of drug-likeness (QED) is 0.624. The first-order valence-electron chi connectivity index (χ1n) is 8.33. The molecule has 4 rings (SSSR count). The summed E-state index contributed by atoms with van der Waals surface area (Å²) in [4.78, 5) is 13.4. The van der Waals surface area contributed by atoms with Crippen molar-refractivity contribution in [2.45, 2.75) is 0 Å². The summed E-state index contributed by atoms with van der Waals surface area (Å²) in [5.74, 6) is 0.642. The third kappa shape index (κ3) is 3.51. The zero-order valence-corrected chi connectivity index (χ0v) is 14.3. The minimum absolute atomic E-state index is 0.402. The van der Waals surface area contributed by atoms with E-state index in [2.05, 4.69) is 16.0 Å². The van der Waals surface area contributed by atoms with Crippen molar-refractivity contribution < 1.29 is 4.74 Å². The highest BCUT2D eigenvalue weighted by atomic mass is 16.5. The predicted molar refractivity (Wildman–Crippen MR) is 105 cm³/mol. The van der Waals surface area contributed by atoms with Crippen LogP contribution in [0, 0.1) is 11.3 Å². The van der Waals surface area contributed by atoms with Crippen molar-refractivity contribution in [1.29, 1.82) is 5.26 Å². The van der Waals surface area contributed by atoms with Crippen LogP contribution in [0.15, 0.2) is 83.1 Å². The number of benzene rings is 2. The lowest BCUT2D eigenvalue weighted by Gasteiger charge is -2.06. The second-order valence-electron chi connectivity index (χ2n) is 5.74. The first-order valence-corrected chi connectivity index (χ1v) is 8.33. The molecule has 1 aliphatic rings. The maximum atomic E-state index is 9.55. The van der Waals surface area contributed by atoms with Crippen LogP contribution in [0.5, 0.6) is 5.75 Å². The molecular weight excluding hydrogens is 336 g/mol. The van der Waals surface area contributed by atoms with Crippen molar-refractivity contribution in [3.05, 3.63) is 89.3 Å². The Labute approximate surface area is 155 Å². The van der Waals surface area contributed by atoms with Gasteiger partial charge in [0.25, 0.3) is 0 Å². The standard InChI is InChI=1S/C22H14N4O/c23-13-17-15-25-21-9-8-18-12-19(21)22(17)26-20-7-3-2-6-16(20)14-24-10-4-1-5-11-27-18/h1-12,14-15H/b4-1-,11-5-,16-14-,24-10-,26-20-. The van der Waals surface area contributed by atoms with Crippen molar-refractivity contribution in [3.63, 3.8) is 0 Å². The van der Waals surface area contributed by atoms with E-state index in [1.807, 2.05) is 54.6 Å². The Morgan fingerprint density at radius 1 is 1.00 bits per heavy atom. The number of para-hydroxylation sites is 1. The van der Waals surface area contributed by atoms with Crippen molar-refractivity contribution >= 4 is 29.0 Å². The summed E-state index contributed by atoms with van der Waals surface area (Å²) in [6, 6.07) is 15.4. The minimum atomic E-state index is 0.402. The van der Waals surface area contributed by atoms with E-state index >= 15 is 0 Å². The summed E-state index contributed by atoms with van der Waals surface area (Å²) in [5, 5.41) is 11.9. The van der Waals surface area contributed by atoms with Crippen LogP contribution in [-0.2, 0) is 0 Å². The molecule has 0 unspecified atom stereocenters. The van der Waals surface area contributed by atoms with Crippen LogP contribution in [-0.4, -0.2) is 11.2 Å². The molecule has 0 spiro atoms. The topological polar surface area (TPSA) is 70.6 Å². The molecule has 0 atom stereocenters. The zero-order valence-electron chi connectivity index (χ0n) is 14.3. The molecule has 2 heterocycles. The zero-order chi connectivity index (χ0) is 18.5. The van der Waals surface area contributed by atoms with E-state index in [9.17, 15) is 5.26 Å². The molecule has 1 aliphatic heterocycles. The monoisotopic (exact) mass is 350 g/mol. The lowest BCUT2D eigenvalue weighted by Crippen LogP contribution is -2.23. The average Bonchev–Trinajstić information content (AvgIpc) is 2.71. The Bertz CT molecular complexity index is 1260. The second kappa shape index (κ2) is 7.46. The third-order valence-electron chi connectivity index (χ3n) is 3.99. The second-order valence-corrected chi connectivity index (χ2v) is 5.74. The summed E-state index contributed by atoms with van der Waals surface area (Å²) in [6.45, 7) is 0. The lowest BCUT2D eigenvalue weighted by molar-refractivity contribution is 0.482. The third-order valence-corrected chi connectivity index (χ3v) is 3.99. The van der Waals surface area contributed by atoms with Gasteiger partial charge in [-0.25, -0.2) is 4.99 Å². The molecule has 1 aromatic heterocycles. The van der Waals surface area contributed by atoms with Gasteiger partial charge in [0.2, 0.25) is 0 Å². The number of fused-ring (bicyclic) bond motifs is 2. The fourth-order valence-electron chi connectivity index (χ4n) is 2.70. The number of hydrogen-bond donors (Lipinski definition) is 0. The van der Waals surface area contributed by atoms with Crippen LogP contribution >= 0.6 is 0 Å². The predicted octanol–water partition coefficient (Wildman–Crippen LogP) is 3.33. The normalized spacial score (nSPS) is 18.9. The molecule has 0 fully saturated rings. The van der Waals surface area contributed by atoms with E-state index < -0.39 is 0 Å². The van der Waals surface area contributed by atoms with Crippen molar-refractivity contribution in [3.8, 4) is 11.8 Å². The summed E-state index contributed by atoms with van der Waals surface area (Å²) >= 11 is 0. The lowest BCUT2D eigenvalue weighted by atomic mass is 10.1. The van der Waals surface area contributed by atoms with Gasteiger partial charge in [-0.1, -0.05) is 24.3 Å². The molecule has 0 saturated heterocycles. The van der Waals surface area contributed by atoms with E-state index in [1.165, 1.54) is 0 Å². The molecule has 5 heteroatoms. The number of nitrogens with zero attached hydrogens (tertiary/aromatic N) is 4. The van der Waals surface area contributed by atoms with Crippen LogP contribution in [0.2, 0.25) is 0 Å². The first-order chi connectivity index (χ1) is 13.3. The van der Waals surface area contributed by atoms with Crippen molar-refractivity contribution in [2.75, 3.05) is 0 Å². The number of aliphatic imine (C=N–C) groups is 1. The van der Waals surface area contributed by atoms with Crippen LogP contribution in [0.3, 0.4) is 0 Å². The Hall–Kier alpha value is -4.04. The van der Waals surface area contributed by atoms with Gasteiger partial charge in [-0.15, -0.1) is 0 Å². The van der Waals surface area contributed by atoms with Gasteiger partial charge in [-0.2, -0.15) is 5.26 Å². The molecular formula is C22H14N4O. The number of hydrogen-bond acceptors (Lipinski definition) is 5. The highest BCUT2D eigenvalue weighted by Gasteiger charge is 2.09. The van der Waals surface area contributed by atoms with E-state index in [-0.39, 0.29) is 0 Å². The molecule has 0 radical (unpaired) electrons. The number of aromatic nitrogens is 1. The van der Waals surface area contributed by atoms with Gasteiger partial charge in [-0.05, 0) is 36.4 Å². The highest BCUT2D eigenvalue weighted by Crippen LogP contribution is 2.30. The molecule has 0 saturated carbocycles. The molecule has 2 bridgehead atoms. The number of rotatable bonds is 0. The molecule has 0 aliphatic carbocycles. The molecule has 0 N–H and O–H groups in total. The van der Waals surface area contributed by atoms with Crippen LogP contribution in [0.25, 0.3) is 17.1 Å². The highest BCUT2D eigenvalue weighted by molar-refractivity contribution is 5.93. The Morgan fingerprint density at radius 2 is 1.93 bits per heavy atom. The number of pyridine rings is 1. The van der Waals surface area contributed by atoms with Gasteiger partial charge in [0.1, 0.15) is 11.8 Å². The number of ether oxygens (including phenoxy) is 1. The Kier molecular flexibility index (Phi) is 4.54. The van der Waals surface area contributed by atoms with Gasteiger partial charge in [-0.3, -0.25) is 9.98 Å². The van der Waals surface area contributed by atoms with Crippen LogP contribution in [0.4, 0.5) is 5.69 Å². The fraction of sp³-hybridized carbons (Fsp3) is 0. The fourth-order valence-corrected chi connectivity index (χ4v) is 2.70. The minimum Gasteiger partial charge on any atom is -0.465 e. The summed E-state index contributed by atoms with van der Waals surface area (Å²) in [7, 11) is 0. The van der Waals surface area contributed by atoms with Crippen molar-refractivity contribution in [2.24, 2.45) is 9.98 Å². The van der Waals surface area contributed by atoms with Crippen LogP contribution < -0.4 is 15.3 Å². The van der Waals surface area contributed by atoms with E-state index in [4.69, 9.17) is 9.73 Å². The maximum Gasteiger partial charge on any atom is 0.127 e. The number of allylic oxidation sites excluding steroid dienone is 3. The summed E-state index contributed by atoms with van der Waals surface area (Å²) in [6.07, 6.45) is 12.0. The SMILES string of the molecule is N#Cc1cnc2ccc3cc2c1/N=c1/cccc/c1=C/N=C\C=C/C=C\O3. The number of nitriles is 1. The molecule has 2 aromatic carbocycles. The molecule has 27 heavy (non-hydrogen) atoms. The maximum absolute atomic E-state index is 9.55. The summed E-state index contributed by atoms with van der Waals surface area (Å²) in [5.41, 5.74) is 1.71. The molecule has 128 valence electrons. The van der Waals surface area contributed by atoms with Gasteiger partial charge in [0.15, 0.2) is 0 Å².